The van der Waals surface area contributed by atoms with Gasteiger partial charge in [-0.2, -0.15) is 0 Å². The molecule has 0 fully saturated rings. The lowest BCUT2D eigenvalue weighted by molar-refractivity contribution is -0.116. The summed E-state index contributed by atoms with van der Waals surface area (Å²) in [6.07, 6.45) is 2.45. The topological polar surface area (TPSA) is 68.0 Å². The smallest absolute Gasteiger partial charge is 0.276 e. The summed E-state index contributed by atoms with van der Waals surface area (Å²) in [4.78, 5) is 11.8. The van der Waals surface area contributed by atoms with E-state index in [0.29, 0.717) is 33.3 Å². The molecule has 0 unspecified atom stereocenters. The second-order valence-electron chi connectivity index (χ2n) is 3.84. The van der Waals surface area contributed by atoms with Crippen molar-refractivity contribution in [1.29, 1.82) is 0 Å². The Morgan fingerprint density at radius 3 is 2.85 bits per heavy atom. The van der Waals surface area contributed by atoms with E-state index in [4.69, 9.17) is 27.6 Å². The molecule has 2 aromatic rings. The van der Waals surface area contributed by atoms with Crippen molar-refractivity contribution in [1.82, 2.24) is 10.2 Å². The van der Waals surface area contributed by atoms with Gasteiger partial charge in [0.15, 0.2) is 0 Å². The van der Waals surface area contributed by atoms with Crippen molar-refractivity contribution < 1.29 is 9.21 Å². The molecule has 0 saturated heterocycles. The summed E-state index contributed by atoms with van der Waals surface area (Å²) in [5.41, 5.74) is 0.524. The van der Waals surface area contributed by atoms with Gasteiger partial charge in [-0.25, -0.2) is 0 Å². The number of thioether (sulfide) groups is 1. The molecular weight excluding hydrogens is 321 g/mol. The molecular formula is C12H11Cl2N3O2S. The molecule has 0 atom stereocenters. The van der Waals surface area contributed by atoms with Crippen molar-refractivity contribution in [2.24, 2.45) is 0 Å². The van der Waals surface area contributed by atoms with Gasteiger partial charge in [-0.15, -0.1) is 10.2 Å². The molecule has 0 aliphatic rings. The number of nitrogens with one attached hydrogen (secondary N) is 1. The number of nitrogens with zero attached hydrogens (tertiary/aromatic N) is 2. The van der Waals surface area contributed by atoms with Gasteiger partial charge in [0.1, 0.15) is 0 Å². The molecule has 5 nitrogen and oxygen atoms in total. The lowest BCUT2D eigenvalue weighted by atomic mass is 10.2. The fourth-order valence-corrected chi connectivity index (χ4v) is 2.20. The number of aryl methyl sites for hydroxylation is 1. The second-order valence-corrected chi connectivity index (χ2v) is 5.44. The van der Waals surface area contributed by atoms with E-state index in [0.717, 1.165) is 0 Å². The Labute approximate surface area is 130 Å². The summed E-state index contributed by atoms with van der Waals surface area (Å²) in [7, 11) is 0. The van der Waals surface area contributed by atoms with Gasteiger partial charge in [-0.3, -0.25) is 4.79 Å². The van der Waals surface area contributed by atoms with Crippen LogP contribution in [-0.4, -0.2) is 22.4 Å². The van der Waals surface area contributed by atoms with Crippen molar-refractivity contribution in [2.75, 3.05) is 11.6 Å². The third kappa shape index (κ3) is 4.13. The molecule has 0 bridgehead atoms. The van der Waals surface area contributed by atoms with Crippen LogP contribution in [-0.2, 0) is 11.2 Å². The van der Waals surface area contributed by atoms with Gasteiger partial charge in [0, 0.05) is 17.9 Å². The highest BCUT2D eigenvalue weighted by atomic mass is 35.5. The molecule has 1 heterocycles. The van der Waals surface area contributed by atoms with Crippen molar-refractivity contribution >= 4 is 46.6 Å². The maximum Gasteiger partial charge on any atom is 0.276 e. The van der Waals surface area contributed by atoms with Crippen LogP contribution in [0.3, 0.4) is 0 Å². The Morgan fingerprint density at radius 1 is 1.40 bits per heavy atom. The Balaban J connectivity index is 1.89. The predicted molar refractivity (Wildman–Crippen MR) is 79.5 cm³/mol. The van der Waals surface area contributed by atoms with Crippen LogP contribution in [0.15, 0.2) is 27.8 Å². The van der Waals surface area contributed by atoms with Crippen molar-refractivity contribution in [3.63, 3.8) is 0 Å². The van der Waals surface area contributed by atoms with E-state index in [2.05, 4.69) is 15.5 Å². The fourth-order valence-electron chi connectivity index (χ4n) is 1.45. The standard InChI is InChI=1S/C12H11Cl2N3O2S/c1-20-12-17-16-11(19-12)5-4-10(18)15-9-3-2-7(13)6-8(9)14/h2-3,6H,4-5H2,1H3,(H,15,18). The van der Waals surface area contributed by atoms with Gasteiger partial charge in [-0.1, -0.05) is 35.0 Å². The molecule has 20 heavy (non-hydrogen) atoms. The van der Waals surface area contributed by atoms with Crippen LogP contribution in [0.2, 0.25) is 10.0 Å². The number of carbonyl (C=O) groups is 1. The van der Waals surface area contributed by atoms with Gasteiger partial charge in [0.2, 0.25) is 11.8 Å². The van der Waals surface area contributed by atoms with Gasteiger partial charge in [0.05, 0.1) is 10.7 Å². The predicted octanol–water partition coefficient (Wildman–Crippen LogP) is 3.67. The molecule has 2 rings (SSSR count). The molecule has 0 aliphatic carbocycles. The van der Waals surface area contributed by atoms with E-state index < -0.39 is 0 Å². The normalized spacial score (nSPS) is 10.6. The molecule has 1 aromatic carbocycles. The number of hydrogen-bond acceptors (Lipinski definition) is 5. The third-order valence-corrected chi connectivity index (χ3v) is 3.46. The first kappa shape index (κ1) is 15.2. The highest BCUT2D eigenvalue weighted by Crippen LogP contribution is 2.25. The average molecular weight is 332 g/mol. The quantitative estimate of drug-likeness (QED) is 0.846. The van der Waals surface area contributed by atoms with Crippen LogP contribution in [0.1, 0.15) is 12.3 Å². The summed E-state index contributed by atoms with van der Waals surface area (Å²) in [5.74, 6) is 0.254. The van der Waals surface area contributed by atoms with E-state index in [1.165, 1.54) is 11.8 Å². The Hall–Kier alpha value is -1.24. The van der Waals surface area contributed by atoms with Crippen LogP contribution in [0.5, 0.6) is 0 Å². The van der Waals surface area contributed by atoms with Crippen LogP contribution in [0.4, 0.5) is 5.69 Å². The minimum Gasteiger partial charge on any atom is -0.416 e. The number of carbonyl (C=O) groups excluding carboxylic acids is 1. The van der Waals surface area contributed by atoms with Gasteiger partial charge in [0.25, 0.3) is 5.22 Å². The Morgan fingerprint density at radius 2 is 2.20 bits per heavy atom. The highest BCUT2D eigenvalue weighted by molar-refractivity contribution is 7.98. The van der Waals surface area contributed by atoms with E-state index in [-0.39, 0.29) is 12.3 Å². The third-order valence-electron chi connectivity index (χ3n) is 2.39. The minimum atomic E-state index is -0.182. The number of halogens is 2. The van der Waals surface area contributed by atoms with Crippen LogP contribution in [0, 0.1) is 0 Å². The van der Waals surface area contributed by atoms with E-state index in [1.54, 1.807) is 18.2 Å². The zero-order valence-electron chi connectivity index (χ0n) is 10.5. The number of anilines is 1. The molecule has 0 spiro atoms. The fraction of sp³-hybridized carbons (Fsp3) is 0.250. The van der Waals surface area contributed by atoms with E-state index in [1.807, 2.05) is 6.26 Å². The minimum absolute atomic E-state index is 0.182. The zero-order valence-corrected chi connectivity index (χ0v) is 12.8. The molecule has 1 aromatic heterocycles. The first-order chi connectivity index (χ1) is 9.58. The number of rotatable bonds is 5. The highest BCUT2D eigenvalue weighted by Gasteiger charge is 2.10. The summed E-state index contributed by atoms with van der Waals surface area (Å²) in [6, 6.07) is 4.88. The van der Waals surface area contributed by atoms with Crippen molar-refractivity contribution in [3.8, 4) is 0 Å². The van der Waals surface area contributed by atoms with Crippen molar-refractivity contribution in [3.05, 3.63) is 34.1 Å². The maximum absolute atomic E-state index is 11.8. The molecule has 0 saturated carbocycles. The average Bonchev–Trinajstić information content (AvgIpc) is 2.88. The number of hydrogen-bond donors (Lipinski definition) is 1. The molecule has 1 amide bonds. The number of benzene rings is 1. The zero-order chi connectivity index (χ0) is 14.5. The maximum atomic E-state index is 11.8. The molecule has 0 radical (unpaired) electrons. The van der Waals surface area contributed by atoms with Crippen molar-refractivity contribution in [2.45, 2.75) is 18.1 Å². The van der Waals surface area contributed by atoms with Crippen LogP contribution >= 0.6 is 35.0 Å². The number of amides is 1. The Kier molecular flexibility index (Phi) is 5.28. The van der Waals surface area contributed by atoms with Gasteiger partial charge >= 0.3 is 0 Å². The summed E-state index contributed by atoms with van der Waals surface area (Å²) < 4.78 is 5.29. The molecule has 1 N–H and O–H groups in total. The summed E-state index contributed by atoms with van der Waals surface area (Å²) in [5, 5.41) is 11.7. The molecule has 0 aliphatic heterocycles. The largest absolute Gasteiger partial charge is 0.416 e. The van der Waals surface area contributed by atoms with E-state index >= 15 is 0 Å². The summed E-state index contributed by atoms with van der Waals surface area (Å²) >= 11 is 13.1. The molecule has 106 valence electrons. The van der Waals surface area contributed by atoms with E-state index in [9.17, 15) is 4.79 Å². The second kappa shape index (κ2) is 6.97. The monoisotopic (exact) mass is 331 g/mol. The molecule has 8 heteroatoms. The Bertz CT molecular complexity index is 618. The lowest BCUT2D eigenvalue weighted by Gasteiger charge is -2.06. The van der Waals surface area contributed by atoms with Crippen LogP contribution < -0.4 is 5.32 Å². The lowest BCUT2D eigenvalue weighted by Crippen LogP contribution is -2.12. The van der Waals surface area contributed by atoms with Gasteiger partial charge < -0.3 is 9.73 Å². The number of aromatic nitrogens is 2. The summed E-state index contributed by atoms with van der Waals surface area (Å²) in [6.45, 7) is 0. The first-order valence-corrected chi connectivity index (χ1v) is 7.68. The van der Waals surface area contributed by atoms with Gasteiger partial charge in [-0.05, 0) is 24.5 Å². The SMILES string of the molecule is CSc1nnc(CCC(=O)Nc2ccc(Cl)cc2Cl)o1. The first-order valence-electron chi connectivity index (χ1n) is 5.70. The van der Waals surface area contributed by atoms with Crippen LogP contribution in [0.25, 0.3) is 0 Å².